The van der Waals surface area contributed by atoms with Gasteiger partial charge in [-0.25, -0.2) is 9.97 Å². The van der Waals surface area contributed by atoms with Crippen LogP contribution in [-0.2, 0) is 12.2 Å². The minimum absolute atomic E-state index is 0.0357. The number of carbonyl (C=O) groups is 1. The Labute approximate surface area is 179 Å². The first-order valence-electron chi connectivity index (χ1n) is 10.2. The van der Waals surface area contributed by atoms with Crippen LogP contribution in [0.5, 0.6) is 0 Å². The lowest BCUT2D eigenvalue weighted by molar-refractivity contribution is 0.0951. The predicted octanol–water partition coefficient (Wildman–Crippen LogP) is 3.47. The molecule has 7 heteroatoms. The molecule has 1 aromatic carbocycles. The fraction of sp³-hybridized carbons (Fsp3) is 0.500. The van der Waals surface area contributed by atoms with E-state index in [4.69, 9.17) is 4.98 Å². The molecule has 0 saturated carbocycles. The summed E-state index contributed by atoms with van der Waals surface area (Å²) in [6.07, 6.45) is 1.96. The van der Waals surface area contributed by atoms with Crippen molar-refractivity contribution in [3.05, 3.63) is 47.2 Å². The highest BCUT2D eigenvalue weighted by molar-refractivity contribution is 7.98. The smallest absolute Gasteiger partial charge is 0.251 e. The van der Waals surface area contributed by atoms with Crippen molar-refractivity contribution in [1.29, 1.82) is 0 Å². The molecule has 0 fully saturated rings. The lowest BCUT2D eigenvalue weighted by Gasteiger charge is -2.18. The molecule has 0 aliphatic carbocycles. The normalized spacial score (nSPS) is 11.0. The number of hydrogen-bond acceptors (Lipinski definition) is 6. The Kier molecular flexibility index (Phi) is 9.41. The third-order valence-corrected chi connectivity index (χ3v) is 5.38. The van der Waals surface area contributed by atoms with E-state index in [0.29, 0.717) is 12.1 Å². The molecule has 158 valence electrons. The van der Waals surface area contributed by atoms with Gasteiger partial charge < -0.3 is 15.1 Å². The Hall–Kier alpha value is -2.12. The first-order chi connectivity index (χ1) is 13.9. The molecule has 1 N–H and O–H groups in total. The van der Waals surface area contributed by atoms with E-state index >= 15 is 0 Å². The topological polar surface area (TPSA) is 61.4 Å². The summed E-state index contributed by atoms with van der Waals surface area (Å²) in [5.41, 5.74) is 2.83. The van der Waals surface area contributed by atoms with Gasteiger partial charge in [0.2, 0.25) is 0 Å². The Balaban J connectivity index is 2.04. The fourth-order valence-corrected chi connectivity index (χ4v) is 3.61. The van der Waals surface area contributed by atoms with Gasteiger partial charge in [0, 0.05) is 49.8 Å². The molecule has 6 nitrogen and oxygen atoms in total. The van der Waals surface area contributed by atoms with Crippen molar-refractivity contribution in [2.45, 2.75) is 37.6 Å². The fourth-order valence-electron chi connectivity index (χ4n) is 2.80. The van der Waals surface area contributed by atoms with E-state index in [1.54, 1.807) is 11.8 Å². The number of anilines is 1. The Morgan fingerprint density at radius 1 is 1.10 bits per heavy atom. The first kappa shape index (κ1) is 23.2. The van der Waals surface area contributed by atoms with Gasteiger partial charge >= 0.3 is 0 Å². The number of nitrogens with one attached hydrogen (secondary N) is 1. The van der Waals surface area contributed by atoms with E-state index in [9.17, 15) is 4.79 Å². The van der Waals surface area contributed by atoms with Gasteiger partial charge in [-0.05, 0) is 44.6 Å². The molecule has 0 spiro atoms. The highest BCUT2D eigenvalue weighted by Crippen LogP contribution is 2.23. The molecule has 0 unspecified atom stereocenters. The van der Waals surface area contributed by atoms with Crippen molar-refractivity contribution in [2.75, 3.05) is 45.7 Å². The van der Waals surface area contributed by atoms with E-state index < -0.39 is 0 Å². The lowest BCUT2D eigenvalue weighted by atomic mass is 10.1. The monoisotopic (exact) mass is 415 g/mol. The van der Waals surface area contributed by atoms with Crippen LogP contribution in [0.3, 0.4) is 0 Å². The largest absolute Gasteiger partial charge is 0.360 e. The SMILES string of the molecule is CCCN(C)c1cc(CC)nc(SCc2cccc(C(=O)NCCN(C)C)c2)n1. The minimum Gasteiger partial charge on any atom is -0.360 e. The molecule has 0 aliphatic heterocycles. The summed E-state index contributed by atoms with van der Waals surface area (Å²) in [7, 11) is 6.05. The third kappa shape index (κ3) is 7.66. The van der Waals surface area contributed by atoms with Crippen molar-refractivity contribution in [3.63, 3.8) is 0 Å². The summed E-state index contributed by atoms with van der Waals surface area (Å²) in [4.78, 5) is 26.0. The number of nitrogens with zero attached hydrogens (tertiary/aromatic N) is 4. The van der Waals surface area contributed by atoms with E-state index in [1.165, 1.54) is 0 Å². The van der Waals surface area contributed by atoms with Crippen molar-refractivity contribution in [2.24, 2.45) is 0 Å². The quantitative estimate of drug-likeness (QED) is 0.448. The molecule has 1 aromatic heterocycles. The van der Waals surface area contributed by atoms with Crippen molar-refractivity contribution < 1.29 is 4.79 Å². The Bertz CT molecular complexity index is 797. The molecule has 2 rings (SSSR count). The van der Waals surface area contributed by atoms with E-state index in [2.05, 4.69) is 42.2 Å². The van der Waals surface area contributed by atoms with Crippen LogP contribution in [0.15, 0.2) is 35.5 Å². The number of carbonyl (C=O) groups excluding carboxylic acids is 1. The molecule has 0 aliphatic rings. The van der Waals surface area contributed by atoms with Gasteiger partial charge in [-0.3, -0.25) is 4.79 Å². The number of aromatic nitrogens is 2. The minimum atomic E-state index is -0.0357. The highest BCUT2D eigenvalue weighted by Gasteiger charge is 2.10. The summed E-state index contributed by atoms with van der Waals surface area (Å²) in [5, 5.41) is 3.74. The molecule has 1 heterocycles. The maximum Gasteiger partial charge on any atom is 0.251 e. The predicted molar refractivity (Wildman–Crippen MR) is 122 cm³/mol. The van der Waals surface area contributed by atoms with Crippen molar-refractivity contribution >= 4 is 23.5 Å². The average molecular weight is 416 g/mol. The summed E-state index contributed by atoms with van der Waals surface area (Å²) < 4.78 is 0. The third-order valence-electron chi connectivity index (χ3n) is 4.46. The zero-order valence-corrected chi connectivity index (χ0v) is 19.1. The van der Waals surface area contributed by atoms with Gasteiger partial charge in [-0.2, -0.15) is 0 Å². The zero-order valence-electron chi connectivity index (χ0n) is 18.2. The molecule has 1 amide bonds. The van der Waals surface area contributed by atoms with Crippen LogP contribution < -0.4 is 10.2 Å². The Morgan fingerprint density at radius 3 is 2.59 bits per heavy atom. The van der Waals surface area contributed by atoms with Crippen LogP contribution in [0.4, 0.5) is 5.82 Å². The lowest BCUT2D eigenvalue weighted by Crippen LogP contribution is -2.31. The summed E-state index contributed by atoms with van der Waals surface area (Å²) in [6, 6.07) is 9.84. The second kappa shape index (κ2) is 11.8. The number of aryl methyl sites for hydroxylation is 1. The number of rotatable bonds is 11. The van der Waals surface area contributed by atoms with Crippen LogP contribution in [0.1, 0.15) is 41.9 Å². The number of hydrogen-bond donors (Lipinski definition) is 1. The van der Waals surface area contributed by atoms with Crippen LogP contribution in [-0.4, -0.2) is 61.6 Å². The van der Waals surface area contributed by atoms with Gasteiger partial charge in [0.05, 0.1) is 0 Å². The maximum absolute atomic E-state index is 12.4. The van der Waals surface area contributed by atoms with Crippen LogP contribution in [0.2, 0.25) is 0 Å². The van der Waals surface area contributed by atoms with E-state index in [1.807, 2.05) is 43.3 Å². The number of likely N-dealkylation sites (N-methyl/N-ethyl adjacent to an activating group) is 1. The standard InChI is InChI=1S/C22H33N5OS/c1-6-12-27(5)20-15-19(7-2)24-22(25-20)29-16-17-9-8-10-18(14-17)21(28)23-11-13-26(3)4/h8-10,14-15H,6-7,11-13,16H2,1-5H3,(H,23,28). The molecule has 0 radical (unpaired) electrons. The molecular formula is C22H33N5OS. The van der Waals surface area contributed by atoms with Gasteiger partial charge in [0.25, 0.3) is 5.91 Å². The summed E-state index contributed by atoms with van der Waals surface area (Å²) in [5.74, 6) is 1.66. The number of thioether (sulfide) groups is 1. The van der Waals surface area contributed by atoms with Crippen molar-refractivity contribution in [3.8, 4) is 0 Å². The molecule has 29 heavy (non-hydrogen) atoms. The van der Waals surface area contributed by atoms with Crippen LogP contribution in [0.25, 0.3) is 0 Å². The van der Waals surface area contributed by atoms with Crippen LogP contribution in [0, 0.1) is 0 Å². The molecule has 0 bridgehead atoms. The second-order valence-electron chi connectivity index (χ2n) is 7.32. The molecule has 0 atom stereocenters. The zero-order chi connectivity index (χ0) is 21.2. The van der Waals surface area contributed by atoms with Gasteiger partial charge in [-0.1, -0.05) is 37.7 Å². The molecule has 2 aromatic rings. The van der Waals surface area contributed by atoms with Gasteiger partial charge in [0.1, 0.15) is 5.82 Å². The molecular weight excluding hydrogens is 382 g/mol. The number of amides is 1. The summed E-state index contributed by atoms with van der Waals surface area (Å²) in [6.45, 7) is 6.70. The first-order valence-corrected chi connectivity index (χ1v) is 11.1. The Morgan fingerprint density at radius 2 is 1.90 bits per heavy atom. The van der Waals surface area contributed by atoms with Gasteiger partial charge in [0.15, 0.2) is 5.16 Å². The summed E-state index contributed by atoms with van der Waals surface area (Å²) >= 11 is 1.61. The maximum atomic E-state index is 12.4. The molecule has 0 saturated heterocycles. The van der Waals surface area contributed by atoms with E-state index in [-0.39, 0.29) is 5.91 Å². The van der Waals surface area contributed by atoms with E-state index in [0.717, 1.165) is 53.9 Å². The number of benzene rings is 1. The highest BCUT2D eigenvalue weighted by atomic mass is 32.2. The van der Waals surface area contributed by atoms with Crippen molar-refractivity contribution in [1.82, 2.24) is 20.2 Å². The van der Waals surface area contributed by atoms with Gasteiger partial charge in [-0.15, -0.1) is 0 Å². The second-order valence-corrected chi connectivity index (χ2v) is 8.27. The van der Waals surface area contributed by atoms with Crippen LogP contribution >= 0.6 is 11.8 Å². The average Bonchev–Trinajstić information content (AvgIpc) is 2.72.